The van der Waals surface area contributed by atoms with Gasteiger partial charge in [0.2, 0.25) is 0 Å². The summed E-state index contributed by atoms with van der Waals surface area (Å²) in [6.45, 7) is 2.12. The molecule has 2 N–H and O–H groups in total. The van der Waals surface area contributed by atoms with E-state index in [2.05, 4.69) is 34.0 Å². The van der Waals surface area contributed by atoms with Gasteiger partial charge in [-0.05, 0) is 55.2 Å². The minimum absolute atomic E-state index is 0.0523. The predicted octanol–water partition coefficient (Wildman–Crippen LogP) is 3.59. The van der Waals surface area contributed by atoms with Crippen LogP contribution in [0.5, 0.6) is 0 Å². The predicted molar refractivity (Wildman–Crippen MR) is 96.9 cm³/mol. The molecule has 0 amide bonds. The minimum atomic E-state index is -0.0655. The number of nitrogens with zero attached hydrogens (tertiary/aromatic N) is 2. The second kappa shape index (κ2) is 6.22. The molecule has 3 aromatic heterocycles. The van der Waals surface area contributed by atoms with E-state index in [1.165, 1.54) is 10.4 Å². The Morgan fingerprint density at radius 2 is 2.17 bits per heavy atom. The molecule has 122 valence electrons. The quantitative estimate of drug-likeness (QED) is 0.766. The van der Waals surface area contributed by atoms with Crippen molar-refractivity contribution in [1.82, 2.24) is 10.3 Å². The molecular weight excluding hydrogens is 320 g/mol. The van der Waals surface area contributed by atoms with Crippen LogP contribution < -0.4 is 10.6 Å². The highest BCUT2D eigenvalue weighted by atomic mass is 32.1. The molecule has 0 radical (unpaired) electrons. The molecule has 2 atom stereocenters. The van der Waals surface area contributed by atoms with E-state index in [4.69, 9.17) is 9.41 Å². The second-order valence-corrected chi connectivity index (χ2v) is 6.63. The Hall–Kier alpha value is -2.44. The lowest BCUT2D eigenvalue weighted by Crippen LogP contribution is -2.38. The maximum Gasteiger partial charge on any atom is 0.152 e. The van der Waals surface area contributed by atoms with Crippen molar-refractivity contribution in [3.05, 3.63) is 69.9 Å². The van der Waals surface area contributed by atoms with E-state index < -0.39 is 0 Å². The summed E-state index contributed by atoms with van der Waals surface area (Å²) in [5, 5.41) is 8.94. The Morgan fingerprint density at radius 1 is 1.25 bits per heavy atom. The van der Waals surface area contributed by atoms with Gasteiger partial charge in [0.15, 0.2) is 5.76 Å². The molecule has 6 heteroatoms. The molecule has 2 unspecified atom stereocenters. The summed E-state index contributed by atoms with van der Waals surface area (Å²) in [5.74, 6) is 1.56. The Bertz CT molecular complexity index is 869. The SMILES string of the molecule is CNC1Nc2ncccc2C(c2ccco2)=NC1c1sccc1C. The summed E-state index contributed by atoms with van der Waals surface area (Å²) in [4.78, 5) is 10.8. The highest BCUT2D eigenvalue weighted by Gasteiger charge is 2.30. The molecule has 0 spiro atoms. The molecule has 24 heavy (non-hydrogen) atoms. The monoisotopic (exact) mass is 338 g/mol. The first-order valence-electron chi connectivity index (χ1n) is 7.83. The van der Waals surface area contributed by atoms with Gasteiger partial charge in [0.05, 0.1) is 6.26 Å². The summed E-state index contributed by atoms with van der Waals surface area (Å²) in [6.07, 6.45) is 3.41. The Balaban J connectivity index is 1.92. The van der Waals surface area contributed by atoms with Gasteiger partial charge in [-0.3, -0.25) is 10.3 Å². The molecule has 1 aliphatic rings. The molecule has 3 aromatic rings. The standard InChI is InChI=1S/C18H18N4OS/c1-11-7-10-24-16(11)15-18(19-2)22-17-12(5-3-8-20-17)14(21-15)13-6-4-9-23-13/h3-10,15,18-19H,1-2H3,(H,20,22). The average Bonchev–Trinajstić information content (AvgIpc) is 3.24. The molecule has 0 aliphatic carbocycles. The fourth-order valence-electron chi connectivity index (χ4n) is 2.96. The van der Waals surface area contributed by atoms with Crippen LogP contribution in [0.15, 0.2) is 57.6 Å². The normalized spacial score (nSPS) is 20.0. The van der Waals surface area contributed by atoms with Crippen molar-refractivity contribution < 1.29 is 4.42 Å². The highest BCUT2D eigenvalue weighted by molar-refractivity contribution is 7.10. The highest BCUT2D eigenvalue weighted by Crippen LogP contribution is 2.34. The van der Waals surface area contributed by atoms with Crippen LogP contribution in [-0.4, -0.2) is 23.9 Å². The molecule has 5 nitrogen and oxygen atoms in total. The van der Waals surface area contributed by atoms with Crippen molar-refractivity contribution in [1.29, 1.82) is 0 Å². The van der Waals surface area contributed by atoms with Gasteiger partial charge in [0.25, 0.3) is 0 Å². The number of thiophene rings is 1. The van der Waals surface area contributed by atoms with Crippen molar-refractivity contribution in [3.8, 4) is 0 Å². The van der Waals surface area contributed by atoms with Crippen molar-refractivity contribution in [2.24, 2.45) is 4.99 Å². The van der Waals surface area contributed by atoms with Gasteiger partial charge in [-0.15, -0.1) is 11.3 Å². The third-order valence-corrected chi connectivity index (χ3v) is 5.26. The number of likely N-dealkylation sites (N-methyl/N-ethyl adjacent to an activating group) is 1. The zero-order valence-electron chi connectivity index (χ0n) is 13.5. The number of pyridine rings is 1. The number of nitrogens with one attached hydrogen (secondary N) is 2. The lowest BCUT2D eigenvalue weighted by molar-refractivity contribution is 0.523. The number of hydrogen-bond acceptors (Lipinski definition) is 6. The molecule has 0 bridgehead atoms. The van der Waals surface area contributed by atoms with Crippen molar-refractivity contribution in [2.75, 3.05) is 12.4 Å². The van der Waals surface area contributed by atoms with Crippen molar-refractivity contribution >= 4 is 22.9 Å². The number of rotatable bonds is 3. The van der Waals surface area contributed by atoms with Crippen LogP contribution in [-0.2, 0) is 0 Å². The number of furan rings is 1. The number of aliphatic imine (C=N–C) groups is 1. The summed E-state index contributed by atoms with van der Waals surface area (Å²) >= 11 is 1.72. The lowest BCUT2D eigenvalue weighted by Gasteiger charge is -2.23. The maximum absolute atomic E-state index is 5.65. The van der Waals surface area contributed by atoms with Crippen LogP contribution in [0, 0.1) is 6.92 Å². The molecular formula is C18H18N4OS. The Morgan fingerprint density at radius 3 is 2.88 bits per heavy atom. The molecule has 4 heterocycles. The zero-order chi connectivity index (χ0) is 16.5. The summed E-state index contributed by atoms with van der Waals surface area (Å²) in [7, 11) is 1.93. The van der Waals surface area contributed by atoms with Crippen LogP contribution in [0.25, 0.3) is 0 Å². The Kier molecular flexibility index (Phi) is 3.92. The molecule has 0 saturated heterocycles. The smallest absolute Gasteiger partial charge is 0.152 e. The first-order valence-corrected chi connectivity index (χ1v) is 8.70. The number of aryl methyl sites for hydroxylation is 1. The van der Waals surface area contributed by atoms with E-state index in [0.717, 1.165) is 22.9 Å². The minimum Gasteiger partial charge on any atom is -0.463 e. The van der Waals surface area contributed by atoms with Crippen LogP contribution in [0.2, 0.25) is 0 Å². The summed E-state index contributed by atoms with van der Waals surface area (Å²) < 4.78 is 5.65. The van der Waals surface area contributed by atoms with E-state index >= 15 is 0 Å². The topological polar surface area (TPSA) is 62.5 Å². The zero-order valence-corrected chi connectivity index (χ0v) is 14.3. The van der Waals surface area contributed by atoms with Gasteiger partial charge >= 0.3 is 0 Å². The first kappa shape index (κ1) is 15.1. The largest absolute Gasteiger partial charge is 0.463 e. The van der Waals surface area contributed by atoms with Gasteiger partial charge in [0.1, 0.15) is 23.7 Å². The van der Waals surface area contributed by atoms with E-state index in [9.17, 15) is 0 Å². The number of hydrogen-bond donors (Lipinski definition) is 2. The maximum atomic E-state index is 5.65. The molecule has 1 aliphatic heterocycles. The first-order chi connectivity index (χ1) is 11.8. The average molecular weight is 338 g/mol. The van der Waals surface area contributed by atoms with Crippen LogP contribution in [0.4, 0.5) is 5.82 Å². The fraction of sp³-hybridized carbons (Fsp3) is 0.222. The lowest BCUT2D eigenvalue weighted by atomic mass is 10.1. The van der Waals surface area contributed by atoms with Gasteiger partial charge in [-0.25, -0.2) is 4.98 Å². The number of anilines is 1. The van der Waals surface area contributed by atoms with Crippen molar-refractivity contribution in [3.63, 3.8) is 0 Å². The third-order valence-electron chi connectivity index (χ3n) is 4.17. The molecule has 0 fully saturated rings. The number of aromatic nitrogens is 1. The van der Waals surface area contributed by atoms with Gasteiger partial charge in [-0.1, -0.05) is 0 Å². The van der Waals surface area contributed by atoms with E-state index in [-0.39, 0.29) is 12.2 Å². The molecule has 4 rings (SSSR count). The second-order valence-electron chi connectivity index (χ2n) is 5.68. The molecule has 0 saturated carbocycles. The van der Waals surface area contributed by atoms with Gasteiger partial charge in [0, 0.05) is 16.6 Å². The van der Waals surface area contributed by atoms with E-state index in [0.29, 0.717) is 0 Å². The third kappa shape index (κ3) is 2.53. The van der Waals surface area contributed by atoms with Crippen LogP contribution in [0.3, 0.4) is 0 Å². The van der Waals surface area contributed by atoms with E-state index in [1.54, 1.807) is 23.8 Å². The Labute approximate surface area is 144 Å². The summed E-state index contributed by atoms with van der Waals surface area (Å²) in [6, 6.07) is 9.83. The number of fused-ring (bicyclic) bond motifs is 1. The van der Waals surface area contributed by atoms with Crippen LogP contribution in [0.1, 0.15) is 27.8 Å². The van der Waals surface area contributed by atoms with Gasteiger partial charge in [-0.2, -0.15) is 0 Å². The fourth-order valence-corrected chi connectivity index (χ4v) is 3.96. The van der Waals surface area contributed by atoms with Crippen LogP contribution >= 0.6 is 11.3 Å². The molecule has 0 aromatic carbocycles. The van der Waals surface area contributed by atoms with Gasteiger partial charge < -0.3 is 9.73 Å². The summed E-state index contributed by atoms with van der Waals surface area (Å²) in [5.41, 5.74) is 3.02. The van der Waals surface area contributed by atoms with E-state index in [1.807, 2.05) is 31.3 Å². The van der Waals surface area contributed by atoms with Crippen molar-refractivity contribution in [2.45, 2.75) is 19.1 Å².